The monoisotopic (exact) mass is 469 g/mol. The Kier molecular flexibility index (Phi) is 7.19. The summed E-state index contributed by atoms with van der Waals surface area (Å²) < 4.78 is 21.1. The van der Waals surface area contributed by atoms with E-state index in [0.717, 1.165) is 0 Å². The quantitative estimate of drug-likeness (QED) is 0.517. The number of nitrogens with zero attached hydrogens (tertiary/aromatic N) is 2. The van der Waals surface area contributed by atoms with Crippen LogP contribution in [-0.2, 0) is 4.74 Å². The van der Waals surface area contributed by atoms with Crippen molar-refractivity contribution in [1.29, 1.82) is 0 Å². The van der Waals surface area contributed by atoms with Crippen LogP contribution >= 0.6 is 0 Å². The Balaban J connectivity index is 2.14. The average Bonchev–Trinajstić information content (AvgIpc) is 2.72. The maximum Gasteiger partial charge on any atom is 0.408 e. The van der Waals surface area contributed by atoms with Crippen molar-refractivity contribution in [3.8, 4) is 5.69 Å². The number of ether oxygens (including phenoxy) is 1. The molecule has 3 N–H and O–H groups in total. The van der Waals surface area contributed by atoms with E-state index in [2.05, 4.69) is 20.9 Å². The molecule has 0 saturated carbocycles. The minimum absolute atomic E-state index is 0.158. The van der Waals surface area contributed by atoms with Crippen LogP contribution in [0.4, 0.5) is 19.7 Å². The molecule has 3 amide bonds. The van der Waals surface area contributed by atoms with Gasteiger partial charge in [0.25, 0.3) is 5.56 Å². The third-order valence-corrected chi connectivity index (χ3v) is 4.69. The molecule has 9 nitrogen and oxygen atoms in total. The second-order valence-electron chi connectivity index (χ2n) is 8.65. The van der Waals surface area contributed by atoms with Crippen LogP contribution in [-0.4, -0.2) is 33.8 Å². The Morgan fingerprint density at radius 2 is 1.88 bits per heavy atom. The molecule has 0 aliphatic carbocycles. The molecule has 180 valence electrons. The van der Waals surface area contributed by atoms with Gasteiger partial charge in [0.1, 0.15) is 22.6 Å². The molecule has 3 rings (SSSR count). The first-order chi connectivity index (χ1) is 16.0. The lowest BCUT2D eigenvalue weighted by atomic mass is 10.2. The Bertz CT molecular complexity index is 1280. The second kappa shape index (κ2) is 9.90. The highest BCUT2D eigenvalue weighted by Crippen LogP contribution is 2.22. The van der Waals surface area contributed by atoms with Gasteiger partial charge in [0.05, 0.1) is 17.2 Å². The summed E-state index contributed by atoms with van der Waals surface area (Å²) in [5.74, 6) is -0.538. The summed E-state index contributed by atoms with van der Waals surface area (Å²) in [6, 6.07) is 9.49. The number of carbonyl (C=O) groups excluding carboxylic acids is 2. The van der Waals surface area contributed by atoms with E-state index in [4.69, 9.17) is 4.74 Å². The maximum absolute atomic E-state index is 14.6. The van der Waals surface area contributed by atoms with Crippen molar-refractivity contribution in [3.63, 3.8) is 0 Å². The molecule has 1 atom stereocenters. The molecule has 1 heterocycles. The summed E-state index contributed by atoms with van der Waals surface area (Å²) in [5, 5.41) is 7.80. The molecule has 0 aliphatic rings. The summed E-state index contributed by atoms with van der Waals surface area (Å²) in [7, 11) is 0. The first-order valence-corrected chi connectivity index (χ1v) is 10.9. The number of anilines is 1. The topological polar surface area (TPSA) is 114 Å². The number of rotatable bonds is 5. The lowest BCUT2D eigenvalue weighted by Crippen LogP contribution is -2.37. The number of carbonyl (C=O) groups is 2. The highest BCUT2D eigenvalue weighted by Gasteiger charge is 2.23. The van der Waals surface area contributed by atoms with Gasteiger partial charge in [-0.05, 0) is 65.0 Å². The molecule has 3 aromatic rings. The van der Waals surface area contributed by atoms with Gasteiger partial charge in [-0.15, -0.1) is 0 Å². The molecule has 2 aromatic carbocycles. The molecule has 34 heavy (non-hydrogen) atoms. The molecule has 0 saturated heterocycles. The number of alkyl carbamates (subject to hydrolysis) is 1. The predicted molar refractivity (Wildman–Crippen MR) is 128 cm³/mol. The van der Waals surface area contributed by atoms with Gasteiger partial charge in [-0.1, -0.05) is 12.1 Å². The maximum atomic E-state index is 14.6. The van der Waals surface area contributed by atoms with Crippen molar-refractivity contribution < 1.29 is 18.7 Å². The van der Waals surface area contributed by atoms with Crippen LogP contribution < -0.4 is 21.5 Å². The van der Waals surface area contributed by atoms with Gasteiger partial charge < -0.3 is 20.7 Å². The van der Waals surface area contributed by atoms with Crippen LogP contribution in [0, 0.1) is 5.82 Å². The van der Waals surface area contributed by atoms with E-state index in [1.54, 1.807) is 58.9 Å². The lowest BCUT2D eigenvalue weighted by Gasteiger charge is -2.23. The van der Waals surface area contributed by atoms with Crippen molar-refractivity contribution in [1.82, 2.24) is 20.2 Å². The molecule has 0 fully saturated rings. The number of hydrogen-bond donors (Lipinski definition) is 3. The van der Waals surface area contributed by atoms with E-state index in [-0.39, 0.29) is 16.7 Å². The first kappa shape index (κ1) is 24.7. The van der Waals surface area contributed by atoms with Gasteiger partial charge in [0.15, 0.2) is 0 Å². The number of nitrogens with one attached hydrogen (secondary N) is 3. The Morgan fingerprint density at radius 3 is 2.56 bits per heavy atom. The molecule has 0 aliphatic heterocycles. The largest absolute Gasteiger partial charge is 0.444 e. The number of halogens is 1. The Morgan fingerprint density at radius 1 is 1.18 bits per heavy atom. The van der Waals surface area contributed by atoms with E-state index >= 15 is 0 Å². The summed E-state index contributed by atoms with van der Waals surface area (Å²) in [6.07, 6.45) is -0.688. The summed E-state index contributed by atoms with van der Waals surface area (Å²) in [6.45, 7) is 9.07. The molecular formula is C24H28FN5O4. The highest BCUT2D eigenvalue weighted by atomic mass is 19.1. The standard InChI is InChI=1S/C24H28FN5O4/c1-6-26-22(32)28-15-9-7-10-16(13-15)30-20(14(2)27-23(33)34-24(3,4)5)29-18-12-8-11-17(25)19(18)21(30)31/h7-14H,6H2,1-5H3,(H,27,33)(H2,26,28,32)/t14-/m0/s1. The third-order valence-electron chi connectivity index (χ3n) is 4.69. The van der Waals surface area contributed by atoms with Crippen LogP contribution in [0.2, 0.25) is 0 Å². The molecule has 0 radical (unpaired) electrons. The molecular weight excluding hydrogens is 441 g/mol. The van der Waals surface area contributed by atoms with E-state index in [1.165, 1.54) is 22.8 Å². The van der Waals surface area contributed by atoms with E-state index in [1.807, 2.05) is 0 Å². The third kappa shape index (κ3) is 5.69. The van der Waals surface area contributed by atoms with Crippen LogP contribution in [0.1, 0.15) is 46.5 Å². The molecule has 0 bridgehead atoms. The Hall–Kier alpha value is -3.95. The van der Waals surface area contributed by atoms with Gasteiger partial charge >= 0.3 is 12.1 Å². The van der Waals surface area contributed by atoms with Gasteiger partial charge in [-0.25, -0.2) is 19.0 Å². The summed E-state index contributed by atoms with van der Waals surface area (Å²) in [4.78, 5) is 42.3. The van der Waals surface area contributed by atoms with E-state index in [9.17, 15) is 18.8 Å². The molecule has 0 unspecified atom stereocenters. The lowest BCUT2D eigenvalue weighted by molar-refractivity contribution is 0.0505. The zero-order chi connectivity index (χ0) is 25.0. The number of aromatic nitrogens is 2. The van der Waals surface area contributed by atoms with Crippen molar-refractivity contribution >= 4 is 28.7 Å². The van der Waals surface area contributed by atoms with E-state index in [0.29, 0.717) is 17.9 Å². The van der Waals surface area contributed by atoms with Crippen LogP contribution in [0.5, 0.6) is 0 Å². The van der Waals surface area contributed by atoms with Crippen LogP contribution in [0.3, 0.4) is 0 Å². The van der Waals surface area contributed by atoms with Gasteiger partial charge in [-0.3, -0.25) is 9.36 Å². The fraction of sp³-hybridized carbons (Fsp3) is 0.333. The van der Waals surface area contributed by atoms with Crippen LogP contribution in [0.25, 0.3) is 16.6 Å². The second-order valence-corrected chi connectivity index (χ2v) is 8.65. The smallest absolute Gasteiger partial charge is 0.408 e. The predicted octanol–water partition coefficient (Wildman–Crippen LogP) is 4.25. The fourth-order valence-electron chi connectivity index (χ4n) is 3.35. The number of urea groups is 1. The normalized spacial score (nSPS) is 12.2. The zero-order valence-corrected chi connectivity index (χ0v) is 19.7. The zero-order valence-electron chi connectivity index (χ0n) is 19.7. The number of fused-ring (bicyclic) bond motifs is 1. The number of amides is 3. The van der Waals surface area contributed by atoms with Crippen molar-refractivity contribution in [3.05, 3.63) is 64.5 Å². The van der Waals surface area contributed by atoms with Gasteiger partial charge in [0, 0.05) is 12.2 Å². The highest BCUT2D eigenvalue weighted by molar-refractivity contribution is 5.89. The minimum atomic E-state index is -0.768. The van der Waals surface area contributed by atoms with Gasteiger partial charge in [-0.2, -0.15) is 0 Å². The SMILES string of the molecule is CCNC(=O)Nc1cccc(-n2c([C@H](C)NC(=O)OC(C)(C)C)nc3cccc(F)c3c2=O)c1. The van der Waals surface area contributed by atoms with Crippen molar-refractivity contribution in [2.75, 3.05) is 11.9 Å². The fourth-order valence-corrected chi connectivity index (χ4v) is 3.35. The minimum Gasteiger partial charge on any atom is -0.444 e. The Labute approximate surface area is 196 Å². The molecule has 10 heteroatoms. The average molecular weight is 470 g/mol. The summed E-state index contributed by atoms with van der Waals surface area (Å²) >= 11 is 0. The molecule has 0 spiro atoms. The van der Waals surface area contributed by atoms with Gasteiger partial charge in [0.2, 0.25) is 0 Å². The summed E-state index contributed by atoms with van der Waals surface area (Å²) in [5.41, 5.74) is -0.452. The van der Waals surface area contributed by atoms with Crippen LogP contribution in [0.15, 0.2) is 47.3 Å². The molecule has 1 aromatic heterocycles. The first-order valence-electron chi connectivity index (χ1n) is 10.9. The van der Waals surface area contributed by atoms with E-state index < -0.39 is 35.1 Å². The number of hydrogen-bond acceptors (Lipinski definition) is 5. The number of benzene rings is 2. The van der Waals surface area contributed by atoms with Crippen molar-refractivity contribution in [2.45, 2.75) is 46.3 Å². The van der Waals surface area contributed by atoms with Crippen molar-refractivity contribution in [2.24, 2.45) is 0 Å².